The van der Waals surface area contributed by atoms with Crippen LogP contribution in [0.15, 0.2) is 35.4 Å². The zero-order valence-electron chi connectivity index (χ0n) is 19.6. The first-order valence-electron chi connectivity index (χ1n) is 11.1. The highest BCUT2D eigenvalue weighted by Crippen LogP contribution is 2.34. The highest BCUT2D eigenvalue weighted by molar-refractivity contribution is 5.87. The van der Waals surface area contributed by atoms with E-state index < -0.39 is 29.0 Å². The second-order valence-corrected chi connectivity index (χ2v) is 8.87. The Morgan fingerprint density at radius 2 is 1.94 bits per heavy atom. The van der Waals surface area contributed by atoms with Gasteiger partial charge in [-0.25, -0.2) is 23.1 Å². The van der Waals surface area contributed by atoms with Gasteiger partial charge in [-0.2, -0.15) is 0 Å². The highest BCUT2D eigenvalue weighted by atomic mass is 19.3. The Hall–Kier alpha value is -3.47. The van der Waals surface area contributed by atoms with Crippen molar-refractivity contribution in [3.63, 3.8) is 0 Å². The van der Waals surface area contributed by atoms with Gasteiger partial charge in [0.25, 0.3) is 12.0 Å². The molecular weight excluding hydrogens is 463 g/mol. The van der Waals surface area contributed by atoms with Crippen molar-refractivity contribution in [3.05, 3.63) is 63.5 Å². The van der Waals surface area contributed by atoms with Gasteiger partial charge in [0.05, 0.1) is 16.6 Å². The standard InChI is InChI=1S/C24H26F3N5O3/c1-14(33)32-9-7-24(35,8-10-32)18-11-17-21(28-13-29-22(17)31(3)23(18)34)30(2)12-15-5-4-6-16(19(15)25)20(26)27/h4-6,11,13,20,35H,7-10,12H2,1-3H3. The fraction of sp³-hybridized carbons (Fsp3) is 0.417. The van der Waals surface area contributed by atoms with Gasteiger partial charge in [-0.05, 0) is 18.9 Å². The number of carbonyl (C=O) groups is 1. The average molecular weight is 489 g/mol. The molecule has 2 aromatic heterocycles. The summed E-state index contributed by atoms with van der Waals surface area (Å²) in [6.07, 6.45) is -1.29. The third-order valence-corrected chi connectivity index (χ3v) is 6.63. The summed E-state index contributed by atoms with van der Waals surface area (Å²) < 4.78 is 42.2. The molecule has 0 aliphatic carbocycles. The van der Waals surface area contributed by atoms with Gasteiger partial charge >= 0.3 is 0 Å². The number of aryl methyl sites for hydroxylation is 1. The van der Waals surface area contributed by atoms with E-state index in [-0.39, 0.29) is 36.4 Å². The summed E-state index contributed by atoms with van der Waals surface area (Å²) in [6, 6.07) is 5.38. The van der Waals surface area contributed by atoms with E-state index in [0.717, 1.165) is 6.07 Å². The number of hydrogen-bond donors (Lipinski definition) is 1. The average Bonchev–Trinajstić information content (AvgIpc) is 2.82. The zero-order valence-corrected chi connectivity index (χ0v) is 19.6. The Bertz CT molecular complexity index is 1340. The van der Waals surface area contributed by atoms with Gasteiger partial charge in [0.2, 0.25) is 5.91 Å². The molecule has 0 bridgehead atoms. The van der Waals surface area contributed by atoms with Crippen LogP contribution >= 0.6 is 0 Å². The van der Waals surface area contributed by atoms with Crippen molar-refractivity contribution < 1.29 is 23.1 Å². The van der Waals surface area contributed by atoms with Gasteiger partial charge in [0.15, 0.2) is 0 Å². The van der Waals surface area contributed by atoms with Crippen LogP contribution in [-0.4, -0.2) is 50.6 Å². The molecule has 1 fully saturated rings. The quantitative estimate of drug-likeness (QED) is 0.593. The fourth-order valence-electron chi connectivity index (χ4n) is 4.58. The molecule has 4 rings (SSSR count). The second-order valence-electron chi connectivity index (χ2n) is 8.87. The summed E-state index contributed by atoms with van der Waals surface area (Å²) in [5.74, 6) is -0.732. The maximum absolute atomic E-state index is 14.6. The lowest BCUT2D eigenvalue weighted by Crippen LogP contribution is -2.47. The number of nitrogens with zero attached hydrogens (tertiary/aromatic N) is 5. The molecule has 1 N–H and O–H groups in total. The molecule has 35 heavy (non-hydrogen) atoms. The van der Waals surface area contributed by atoms with E-state index in [4.69, 9.17) is 0 Å². The number of fused-ring (bicyclic) bond motifs is 1. The summed E-state index contributed by atoms with van der Waals surface area (Å²) in [5.41, 5.74) is -2.00. The zero-order chi connectivity index (χ0) is 25.5. The number of likely N-dealkylation sites (tertiary alicyclic amines) is 1. The second kappa shape index (κ2) is 9.29. The minimum atomic E-state index is -2.94. The van der Waals surface area contributed by atoms with Gasteiger partial charge in [-0.1, -0.05) is 18.2 Å². The molecule has 186 valence electrons. The molecule has 1 amide bonds. The minimum Gasteiger partial charge on any atom is -0.385 e. The normalized spacial score (nSPS) is 15.6. The highest BCUT2D eigenvalue weighted by Gasteiger charge is 2.37. The Morgan fingerprint density at radius 1 is 1.26 bits per heavy atom. The molecule has 0 spiro atoms. The first kappa shape index (κ1) is 24.6. The lowest BCUT2D eigenvalue weighted by molar-refractivity contribution is -0.133. The Morgan fingerprint density at radius 3 is 2.57 bits per heavy atom. The Balaban J connectivity index is 1.75. The lowest BCUT2D eigenvalue weighted by Gasteiger charge is -2.38. The van der Waals surface area contributed by atoms with Crippen molar-refractivity contribution in [2.24, 2.45) is 7.05 Å². The number of aromatic nitrogens is 3. The van der Waals surface area contributed by atoms with E-state index in [1.807, 2.05) is 0 Å². The number of alkyl halides is 2. The molecule has 1 aliphatic rings. The van der Waals surface area contributed by atoms with Crippen LogP contribution in [0.4, 0.5) is 19.0 Å². The summed E-state index contributed by atoms with van der Waals surface area (Å²) in [5, 5.41) is 11.8. The van der Waals surface area contributed by atoms with Crippen LogP contribution in [-0.2, 0) is 24.0 Å². The number of halogens is 3. The number of pyridine rings is 1. The van der Waals surface area contributed by atoms with Crippen molar-refractivity contribution in [3.8, 4) is 0 Å². The van der Waals surface area contributed by atoms with Crippen LogP contribution in [0.25, 0.3) is 11.0 Å². The maximum Gasteiger partial charge on any atom is 0.266 e. The van der Waals surface area contributed by atoms with Gasteiger partial charge in [-0.3, -0.25) is 14.2 Å². The fourth-order valence-corrected chi connectivity index (χ4v) is 4.58. The predicted molar refractivity (Wildman–Crippen MR) is 124 cm³/mol. The van der Waals surface area contributed by atoms with Crippen LogP contribution in [0.2, 0.25) is 0 Å². The number of hydrogen-bond acceptors (Lipinski definition) is 6. The van der Waals surface area contributed by atoms with E-state index in [0.29, 0.717) is 29.9 Å². The molecule has 11 heteroatoms. The van der Waals surface area contributed by atoms with Crippen LogP contribution in [0.3, 0.4) is 0 Å². The predicted octanol–water partition coefficient (Wildman–Crippen LogP) is 2.87. The molecule has 1 aromatic carbocycles. The molecule has 3 heterocycles. The third kappa shape index (κ3) is 4.47. The topological polar surface area (TPSA) is 91.6 Å². The maximum atomic E-state index is 14.6. The minimum absolute atomic E-state index is 0.0610. The van der Waals surface area contributed by atoms with Crippen LogP contribution in [0, 0.1) is 5.82 Å². The molecule has 0 saturated carbocycles. The summed E-state index contributed by atoms with van der Waals surface area (Å²) >= 11 is 0. The van der Waals surface area contributed by atoms with Crippen molar-refractivity contribution in [1.82, 2.24) is 19.4 Å². The van der Waals surface area contributed by atoms with Crippen LogP contribution in [0.1, 0.15) is 42.9 Å². The summed E-state index contributed by atoms with van der Waals surface area (Å²) in [4.78, 5) is 36.5. The number of rotatable bonds is 5. The smallest absolute Gasteiger partial charge is 0.266 e. The molecule has 0 radical (unpaired) electrons. The molecule has 0 unspecified atom stereocenters. The number of carbonyl (C=O) groups excluding carboxylic acids is 1. The molecule has 0 atom stereocenters. The number of aliphatic hydroxyl groups is 1. The van der Waals surface area contributed by atoms with Gasteiger partial charge in [0.1, 0.15) is 23.6 Å². The largest absolute Gasteiger partial charge is 0.385 e. The third-order valence-electron chi connectivity index (χ3n) is 6.63. The molecular formula is C24H26F3N5O3. The first-order valence-corrected chi connectivity index (χ1v) is 11.1. The van der Waals surface area contributed by atoms with E-state index in [1.165, 1.54) is 37.0 Å². The SMILES string of the molecule is CC(=O)N1CCC(O)(c2cc3c(N(C)Cc4cccc(C(F)F)c4F)ncnc3n(C)c2=O)CC1. The van der Waals surface area contributed by atoms with Gasteiger partial charge < -0.3 is 14.9 Å². The van der Waals surface area contributed by atoms with E-state index >= 15 is 0 Å². The van der Waals surface area contributed by atoms with E-state index in [2.05, 4.69) is 9.97 Å². The summed E-state index contributed by atoms with van der Waals surface area (Å²) in [7, 11) is 3.16. The first-order chi connectivity index (χ1) is 16.5. The van der Waals surface area contributed by atoms with Gasteiger partial charge in [-0.15, -0.1) is 0 Å². The van der Waals surface area contributed by atoms with Crippen LogP contribution < -0.4 is 10.5 Å². The number of amides is 1. The Labute approximate surface area is 199 Å². The van der Waals surface area contributed by atoms with Crippen LogP contribution in [0.5, 0.6) is 0 Å². The lowest BCUT2D eigenvalue weighted by atomic mass is 9.84. The number of benzene rings is 1. The molecule has 3 aromatic rings. The number of piperidine rings is 1. The van der Waals surface area contributed by atoms with Gasteiger partial charge in [0, 0.05) is 51.8 Å². The van der Waals surface area contributed by atoms with Crippen molar-refractivity contribution in [1.29, 1.82) is 0 Å². The van der Waals surface area contributed by atoms with Crippen molar-refractivity contribution >= 4 is 22.8 Å². The van der Waals surface area contributed by atoms with Crippen molar-refractivity contribution in [2.45, 2.75) is 38.3 Å². The van der Waals surface area contributed by atoms with Crippen molar-refractivity contribution in [2.75, 3.05) is 25.0 Å². The summed E-state index contributed by atoms with van der Waals surface area (Å²) in [6.45, 7) is 2.02. The molecule has 1 aliphatic heterocycles. The van der Waals surface area contributed by atoms with E-state index in [9.17, 15) is 27.9 Å². The van der Waals surface area contributed by atoms with E-state index in [1.54, 1.807) is 22.9 Å². The Kier molecular flexibility index (Phi) is 6.54. The molecule has 1 saturated heterocycles. The number of anilines is 1. The monoisotopic (exact) mass is 489 g/mol. The molecule has 8 nitrogen and oxygen atoms in total.